The summed E-state index contributed by atoms with van der Waals surface area (Å²) in [7, 11) is 0. The molecule has 0 aliphatic carbocycles. The van der Waals surface area contributed by atoms with Crippen LogP contribution in [0.1, 0.15) is 18.1 Å². The molecule has 0 unspecified atom stereocenters. The Labute approximate surface area is 535 Å². The Hall–Kier alpha value is -12.1. The van der Waals surface area contributed by atoms with E-state index in [2.05, 4.69) is 345 Å². The smallest absolute Gasteiger partial charge is 0.0542 e. The zero-order valence-corrected chi connectivity index (χ0v) is 51.3. The Kier molecular flexibility index (Phi) is 11.0. The predicted molar refractivity (Wildman–Crippen MR) is 392 cm³/mol. The molecule has 436 valence electrons. The fourth-order valence-corrected chi connectivity index (χ4v) is 16.1. The standard InChI is InChI=1S/C87H58N6/c1-3-55-19-17-21-59(47-55)89-86-44-37-61(91-78-30-12-6-24-66(78)67-25-7-13-31-79(67)91)51-74(86)75-53-63(39-45-87(75)89)93-81-33-15-9-27-69(81)71-49-57(35-41-83(71)93)56-34-40-82-70(48-56)68-26-8-14-32-80(68)92(82)62-38-43-85-73(52-62)72-50-60(36-42-84(72)88(85)58-20-16-18-54(2)46-58)90-76-28-10-4-22-64(76)65-23-5-11-29-77(65)90/h4-53H,3H2,1-2H3. The number of aryl methyl sites for hydroxylation is 2. The van der Waals surface area contributed by atoms with Crippen LogP contribution in [0.3, 0.4) is 0 Å². The highest BCUT2D eigenvalue weighted by molar-refractivity contribution is 6.17. The molecule has 0 N–H and O–H groups in total. The fourth-order valence-electron chi connectivity index (χ4n) is 16.1. The topological polar surface area (TPSA) is 29.6 Å². The lowest BCUT2D eigenvalue weighted by Gasteiger charge is -2.12. The van der Waals surface area contributed by atoms with Crippen LogP contribution in [0.4, 0.5) is 0 Å². The van der Waals surface area contributed by atoms with Crippen molar-refractivity contribution < 1.29 is 0 Å². The highest BCUT2D eigenvalue weighted by Crippen LogP contribution is 2.44. The third-order valence-electron chi connectivity index (χ3n) is 20.2. The molecule has 0 spiro atoms. The summed E-state index contributed by atoms with van der Waals surface area (Å²) in [6, 6.07) is 113. The Bertz CT molecular complexity index is 6460. The van der Waals surface area contributed by atoms with Gasteiger partial charge >= 0.3 is 0 Å². The first-order valence-corrected chi connectivity index (χ1v) is 32.4. The van der Waals surface area contributed by atoms with Crippen molar-refractivity contribution in [2.24, 2.45) is 0 Å². The molecule has 0 radical (unpaired) electrons. The third kappa shape index (κ3) is 7.52. The maximum absolute atomic E-state index is 2.47. The van der Waals surface area contributed by atoms with Crippen LogP contribution >= 0.6 is 0 Å². The van der Waals surface area contributed by atoms with E-state index >= 15 is 0 Å². The quantitative estimate of drug-likeness (QED) is 0.145. The Morgan fingerprint density at radius 2 is 0.441 bits per heavy atom. The fraction of sp³-hybridized carbons (Fsp3) is 0.0345. The number of hydrogen-bond acceptors (Lipinski definition) is 0. The first-order chi connectivity index (χ1) is 46.0. The normalized spacial score (nSPS) is 12.2. The van der Waals surface area contributed by atoms with E-state index in [-0.39, 0.29) is 0 Å². The first-order valence-electron chi connectivity index (χ1n) is 32.4. The van der Waals surface area contributed by atoms with E-state index in [1.165, 1.54) is 159 Å². The van der Waals surface area contributed by atoms with Gasteiger partial charge in [0.15, 0.2) is 0 Å². The molecule has 0 saturated heterocycles. The van der Waals surface area contributed by atoms with E-state index in [4.69, 9.17) is 0 Å². The molecule has 6 aromatic heterocycles. The van der Waals surface area contributed by atoms with Crippen molar-refractivity contribution in [2.45, 2.75) is 20.3 Å². The van der Waals surface area contributed by atoms with Crippen molar-refractivity contribution in [2.75, 3.05) is 0 Å². The molecule has 0 fully saturated rings. The summed E-state index contributed by atoms with van der Waals surface area (Å²) < 4.78 is 14.7. The van der Waals surface area contributed by atoms with Gasteiger partial charge in [-0.15, -0.1) is 0 Å². The number of nitrogens with zero attached hydrogens (tertiary/aromatic N) is 6. The van der Waals surface area contributed by atoms with Crippen LogP contribution < -0.4 is 0 Å². The highest BCUT2D eigenvalue weighted by Gasteiger charge is 2.23. The molecular weight excluding hydrogens is 1130 g/mol. The summed E-state index contributed by atoms with van der Waals surface area (Å²) in [5.41, 5.74) is 26.0. The van der Waals surface area contributed by atoms with Crippen molar-refractivity contribution >= 4 is 131 Å². The van der Waals surface area contributed by atoms with Crippen molar-refractivity contribution in [1.29, 1.82) is 0 Å². The van der Waals surface area contributed by atoms with Crippen molar-refractivity contribution in [3.05, 3.63) is 314 Å². The number of aromatic nitrogens is 6. The minimum atomic E-state index is 0.969. The van der Waals surface area contributed by atoms with E-state index in [1.54, 1.807) is 0 Å². The second-order valence-electron chi connectivity index (χ2n) is 25.2. The molecule has 6 heteroatoms. The van der Waals surface area contributed by atoms with E-state index in [0.717, 1.165) is 34.9 Å². The van der Waals surface area contributed by atoms with Gasteiger partial charge in [-0.05, 0) is 193 Å². The second-order valence-corrected chi connectivity index (χ2v) is 25.2. The van der Waals surface area contributed by atoms with Crippen LogP contribution in [0.2, 0.25) is 0 Å². The number of fused-ring (bicyclic) bond motifs is 18. The number of para-hydroxylation sites is 6. The molecule has 0 saturated carbocycles. The Morgan fingerprint density at radius 3 is 0.753 bits per heavy atom. The molecule has 93 heavy (non-hydrogen) atoms. The maximum atomic E-state index is 2.47. The summed E-state index contributed by atoms with van der Waals surface area (Å²) in [4.78, 5) is 0. The van der Waals surface area contributed by atoms with Gasteiger partial charge in [-0.2, -0.15) is 0 Å². The summed E-state index contributed by atoms with van der Waals surface area (Å²) in [5, 5.41) is 14.7. The molecule has 0 atom stereocenters. The van der Waals surface area contributed by atoms with E-state index in [9.17, 15) is 0 Å². The van der Waals surface area contributed by atoms with Gasteiger partial charge in [0, 0.05) is 98.8 Å². The Morgan fingerprint density at radius 1 is 0.194 bits per heavy atom. The maximum Gasteiger partial charge on any atom is 0.0542 e. The van der Waals surface area contributed by atoms with Gasteiger partial charge in [0.25, 0.3) is 0 Å². The summed E-state index contributed by atoms with van der Waals surface area (Å²) in [6.07, 6.45) is 0.969. The molecule has 20 rings (SSSR count). The average molecular weight is 1190 g/mol. The minimum Gasteiger partial charge on any atom is -0.309 e. The lowest BCUT2D eigenvalue weighted by molar-refractivity contribution is 1.11. The largest absolute Gasteiger partial charge is 0.309 e. The molecule has 0 bridgehead atoms. The molecule has 20 aromatic rings. The zero-order valence-electron chi connectivity index (χ0n) is 51.3. The first kappa shape index (κ1) is 51.7. The van der Waals surface area contributed by atoms with Crippen LogP contribution in [0.5, 0.6) is 0 Å². The molecule has 6 heterocycles. The highest BCUT2D eigenvalue weighted by atomic mass is 15.0. The van der Waals surface area contributed by atoms with Crippen LogP contribution in [0, 0.1) is 6.92 Å². The van der Waals surface area contributed by atoms with Gasteiger partial charge in [0.2, 0.25) is 0 Å². The number of rotatable bonds is 8. The van der Waals surface area contributed by atoms with Crippen LogP contribution in [-0.4, -0.2) is 27.4 Å². The zero-order chi connectivity index (χ0) is 61.2. The van der Waals surface area contributed by atoms with Crippen molar-refractivity contribution in [3.63, 3.8) is 0 Å². The molecular formula is C87H58N6. The molecule has 0 aliphatic heterocycles. The predicted octanol–water partition coefficient (Wildman–Crippen LogP) is 22.8. The average Bonchev–Trinajstić information content (AvgIpc) is 1.60. The van der Waals surface area contributed by atoms with E-state index < -0.39 is 0 Å². The Balaban J connectivity index is 0.734. The van der Waals surface area contributed by atoms with Gasteiger partial charge in [-0.25, -0.2) is 0 Å². The van der Waals surface area contributed by atoms with Gasteiger partial charge in [0.05, 0.1) is 66.2 Å². The van der Waals surface area contributed by atoms with Gasteiger partial charge < -0.3 is 27.4 Å². The van der Waals surface area contributed by atoms with Crippen LogP contribution in [-0.2, 0) is 6.42 Å². The lowest BCUT2D eigenvalue weighted by atomic mass is 10.0. The second kappa shape index (κ2) is 19.7. The van der Waals surface area contributed by atoms with Crippen LogP contribution in [0.15, 0.2) is 303 Å². The van der Waals surface area contributed by atoms with Gasteiger partial charge in [-0.3, -0.25) is 0 Å². The number of benzene rings is 14. The van der Waals surface area contributed by atoms with Crippen LogP contribution in [0.25, 0.3) is 176 Å². The SMILES string of the molecule is CCc1cccc(-n2c3ccc(-n4c5ccccc5c5ccccc54)cc3c3cc(-n4c5ccccc5c5cc(-c6ccc7c(c6)c6ccccc6n7-c6ccc7c(c6)c6cc(-n8c9ccccc9c9ccccc98)ccc6n7-c6cccc(C)c6)ccc54)ccc32)c1. The molecule has 6 nitrogen and oxygen atoms in total. The number of hydrogen-bond donors (Lipinski definition) is 0. The minimum absolute atomic E-state index is 0.969. The summed E-state index contributed by atoms with van der Waals surface area (Å²) in [5.74, 6) is 0. The monoisotopic (exact) mass is 1190 g/mol. The van der Waals surface area contributed by atoms with E-state index in [1.807, 2.05) is 0 Å². The molecule has 0 aliphatic rings. The van der Waals surface area contributed by atoms with Crippen molar-refractivity contribution in [1.82, 2.24) is 27.4 Å². The van der Waals surface area contributed by atoms with Crippen molar-refractivity contribution in [3.8, 4) is 45.3 Å². The third-order valence-corrected chi connectivity index (χ3v) is 20.2. The molecule has 14 aromatic carbocycles. The van der Waals surface area contributed by atoms with Gasteiger partial charge in [-0.1, -0.05) is 153 Å². The summed E-state index contributed by atoms with van der Waals surface area (Å²) >= 11 is 0. The van der Waals surface area contributed by atoms with Gasteiger partial charge in [0.1, 0.15) is 0 Å². The lowest BCUT2D eigenvalue weighted by Crippen LogP contribution is -1.97. The summed E-state index contributed by atoms with van der Waals surface area (Å²) in [6.45, 7) is 4.42. The molecule has 0 amide bonds. The van der Waals surface area contributed by atoms with E-state index in [0.29, 0.717) is 0 Å².